The SMILES string of the molecule is CCCNC(COC(C)C(F)(F)F)c1cc(C)ccc1C. The first kappa shape index (κ1) is 18.0. The van der Waals surface area contributed by atoms with Crippen LogP contribution >= 0.6 is 0 Å². The first-order chi connectivity index (χ1) is 9.75. The quantitative estimate of drug-likeness (QED) is 0.810. The summed E-state index contributed by atoms with van der Waals surface area (Å²) in [5.74, 6) is 0. The van der Waals surface area contributed by atoms with Gasteiger partial charge in [-0.05, 0) is 44.9 Å². The van der Waals surface area contributed by atoms with E-state index in [-0.39, 0.29) is 12.6 Å². The van der Waals surface area contributed by atoms with Crippen molar-refractivity contribution in [2.45, 2.75) is 52.4 Å². The normalized spacial score (nSPS) is 15.0. The second kappa shape index (κ2) is 7.80. The fourth-order valence-electron chi connectivity index (χ4n) is 2.05. The Hall–Kier alpha value is -1.07. The van der Waals surface area contributed by atoms with Crippen LogP contribution in [0.3, 0.4) is 0 Å². The minimum Gasteiger partial charge on any atom is -0.367 e. The molecule has 2 unspecified atom stereocenters. The zero-order valence-electron chi connectivity index (χ0n) is 13.1. The van der Waals surface area contributed by atoms with Gasteiger partial charge in [-0.25, -0.2) is 0 Å². The van der Waals surface area contributed by atoms with Gasteiger partial charge in [-0.1, -0.05) is 30.7 Å². The zero-order valence-corrected chi connectivity index (χ0v) is 13.1. The predicted molar refractivity (Wildman–Crippen MR) is 78.4 cm³/mol. The summed E-state index contributed by atoms with van der Waals surface area (Å²) in [6.07, 6.45) is -5.17. The third kappa shape index (κ3) is 5.67. The molecule has 1 N–H and O–H groups in total. The van der Waals surface area contributed by atoms with Crippen LogP contribution < -0.4 is 5.32 Å². The van der Waals surface area contributed by atoms with Crippen molar-refractivity contribution in [3.05, 3.63) is 34.9 Å². The Morgan fingerprint density at radius 1 is 1.24 bits per heavy atom. The lowest BCUT2D eigenvalue weighted by molar-refractivity contribution is -0.215. The molecule has 1 rings (SSSR count). The van der Waals surface area contributed by atoms with Crippen LogP contribution in [0, 0.1) is 13.8 Å². The molecule has 0 fully saturated rings. The first-order valence-electron chi connectivity index (χ1n) is 7.24. The molecule has 0 aliphatic rings. The molecule has 0 aliphatic carbocycles. The van der Waals surface area contributed by atoms with E-state index in [9.17, 15) is 13.2 Å². The van der Waals surface area contributed by atoms with Crippen molar-refractivity contribution < 1.29 is 17.9 Å². The molecule has 0 bridgehead atoms. The lowest BCUT2D eigenvalue weighted by atomic mass is 9.99. The molecule has 0 amide bonds. The highest BCUT2D eigenvalue weighted by Gasteiger charge is 2.37. The number of hydrogen-bond donors (Lipinski definition) is 1. The van der Waals surface area contributed by atoms with Gasteiger partial charge in [-0.3, -0.25) is 0 Å². The van der Waals surface area contributed by atoms with Gasteiger partial charge in [0.05, 0.1) is 12.6 Å². The fourth-order valence-corrected chi connectivity index (χ4v) is 2.05. The van der Waals surface area contributed by atoms with E-state index in [0.29, 0.717) is 0 Å². The van der Waals surface area contributed by atoms with E-state index in [1.54, 1.807) is 0 Å². The van der Waals surface area contributed by atoms with Crippen LogP contribution in [0.4, 0.5) is 13.2 Å². The Balaban J connectivity index is 2.83. The van der Waals surface area contributed by atoms with E-state index in [4.69, 9.17) is 4.74 Å². The number of benzene rings is 1. The van der Waals surface area contributed by atoms with Crippen molar-refractivity contribution >= 4 is 0 Å². The van der Waals surface area contributed by atoms with Crippen LogP contribution in [0.15, 0.2) is 18.2 Å². The van der Waals surface area contributed by atoms with Crippen molar-refractivity contribution in [3.63, 3.8) is 0 Å². The summed E-state index contributed by atoms with van der Waals surface area (Å²) in [7, 11) is 0. The van der Waals surface area contributed by atoms with Gasteiger partial charge in [0.25, 0.3) is 0 Å². The van der Waals surface area contributed by atoms with E-state index in [1.165, 1.54) is 0 Å². The number of halogens is 3. The van der Waals surface area contributed by atoms with Gasteiger partial charge in [0.2, 0.25) is 0 Å². The average molecular weight is 303 g/mol. The standard InChI is InChI=1S/C16H24F3NO/c1-5-8-20-15(10-21-13(4)16(17,18)19)14-9-11(2)6-7-12(14)3/h6-7,9,13,15,20H,5,8,10H2,1-4H3. The second-order valence-electron chi connectivity index (χ2n) is 5.38. The largest absolute Gasteiger partial charge is 0.414 e. The Bertz CT molecular complexity index is 446. The minimum atomic E-state index is -4.32. The molecule has 21 heavy (non-hydrogen) atoms. The van der Waals surface area contributed by atoms with Gasteiger partial charge < -0.3 is 10.1 Å². The maximum Gasteiger partial charge on any atom is 0.414 e. The summed E-state index contributed by atoms with van der Waals surface area (Å²) in [5, 5.41) is 3.27. The van der Waals surface area contributed by atoms with Gasteiger partial charge in [-0.2, -0.15) is 13.2 Å². The number of aryl methyl sites for hydroxylation is 2. The molecule has 5 heteroatoms. The van der Waals surface area contributed by atoms with Crippen molar-refractivity contribution in [2.24, 2.45) is 0 Å². The monoisotopic (exact) mass is 303 g/mol. The average Bonchev–Trinajstić information content (AvgIpc) is 2.40. The summed E-state index contributed by atoms with van der Waals surface area (Å²) in [6.45, 7) is 7.74. The van der Waals surface area contributed by atoms with Gasteiger partial charge in [0, 0.05) is 0 Å². The topological polar surface area (TPSA) is 21.3 Å². The highest BCUT2D eigenvalue weighted by Crippen LogP contribution is 2.25. The highest BCUT2D eigenvalue weighted by atomic mass is 19.4. The fraction of sp³-hybridized carbons (Fsp3) is 0.625. The van der Waals surface area contributed by atoms with E-state index < -0.39 is 12.3 Å². The Morgan fingerprint density at radius 2 is 1.90 bits per heavy atom. The Morgan fingerprint density at radius 3 is 2.48 bits per heavy atom. The predicted octanol–water partition coefficient (Wildman–Crippen LogP) is 4.31. The van der Waals surface area contributed by atoms with Crippen LogP contribution in [0.5, 0.6) is 0 Å². The van der Waals surface area contributed by atoms with Gasteiger partial charge >= 0.3 is 6.18 Å². The number of nitrogens with one attached hydrogen (secondary N) is 1. The van der Waals surface area contributed by atoms with Crippen LogP contribution in [0.2, 0.25) is 0 Å². The molecular formula is C16H24F3NO. The summed E-state index contributed by atoms with van der Waals surface area (Å²) in [5.41, 5.74) is 3.14. The number of alkyl halides is 3. The van der Waals surface area contributed by atoms with E-state index >= 15 is 0 Å². The van der Waals surface area contributed by atoms with Crippen LogP contribution in [-0.4, -0.2) is 25.4 Å². The van der Waals surface area contributed by atoms with E-state index in [2.05, 4.69) is 5.32 Å². The molecule has 0 spiro atoms. The lowest BCUT2D eigenvalue weighted by Crippen LogP contribution is -2.34. The number of hydrogen-bond acceptors (Lipinski definition) is 2. The molecule has 2 atom stereocenters. The number of ether oxygens (including phenoxy) is 1. The zero-order chi connectivity index (χ0) is 16.0. The molecular weight excluding hydrogens is 279 g/mol. The molecule has 0 heterocycles. The molecule has 2 nitrogen and oxygen atoms in total. The molecule has 1 aromatic rings. The maximum atomic E-state index is 12.6. The third-order valence-electron chi connectivity index (χ3n) is 3.42. The van der Waals surface area contributed by atoms with Gasteiger partial charge in [0.15, 0.2) is 6.10 Å². The van der Waals surface area contributed by atoms with Crippen LogP contribution in [-0.2, 0) is 4.74 Å². The molecule has 0 saturated carbocycles. The number of rotatable bonds is 7. The summed E-state index contributed by atoms with van der Waals surface area (Å²) in [4.78, 5) is 0. The van der Waals surface area contributed by atoms with E-state index in [0.717, 1.165) is 36.6 Å². The van der Waals surface area contributed by atoms with Crippen molar-refractivity contribution in [1.82, 2.24) is 5.32 Å². The van der Waals surface area contributed by atoms with Crippen LogP contribution in [0.1, 0.15) is 43.0 Å². The van der Waals surface area contributed by atoms with E-state index in [1.807, 2.05) is 39.0 Å². The third-order valence-corrected chi connectivity index (χ3v) is 3.42. The van der Waals surface area contributed by atoms with Gasteiger partial charge in [-0.15, -0.1) is 0 Å². The van der Waals surface area contributed by atoms with Crippen molar-refractivity contribution in [2.75, 3.05) is 13.2 Å². The summed E-state index contributed by atoms with van der Waals surface area (Å²) >= 11 is 0. The summed E-state index contributed by atoms with van der Waals surface area (Å²) in [6, 6.07) is 5.76. The molecule has 1 aromatic carbocycles. The van der Waals surface area contributed by atoms with Crippen molar-refractivity contribution in [3.8, 4) is 0 Å². The molecule has 120 valence electrons. The first-order valence-corrected chi connectivity index (χ1v) is 7.24. The summed E-state index contributed by atoms with van der Waals surface area (Å²) < 4.78 is 42.7. The molecule has 0 saturated heterocycles. The van der Waals surface area contributed by atoms with Gasteiger partial charge in [0.1, 0.15) is 0 Å². The Kier molecular flexibility index (Phi) is 6.68. The second-order valence-corrected chi connectivity index (χ2v) is 5.38. The highest BCUT2D eigenvalue weighted by molar-refractivity contribution is 5.33. The maximum absolute atomic E-state index is 12.6. The van der Waals surface area contributed by atoms with Crippen LogP contribution in [0.25, 0.3) is 0 Å². The molecule has 0 radical (unpaired) electrons. The Labute approximate surface area is 124 Å². The smallest absolute Gasteiger partial charge is 0.367 e. The van der Waals surface area contributed by atoms with Crippen molar-refractivity contribution in [1.29, 1.82) is 0 Å². The minimum absolute atomic E-state index is 0.00493. The molecule has 0 aromatic heterocycles. The molecule has 0 aliphatic heterocycles. The lowest BCUT2D eigenvalue weighted by Gasteiger charge is -2.24.